The number of hydrogen-bond donors (Lipinski definition) is 1. The van der Waals surface area contributed by atoms with E-state index < -0.39 is 0 Å². The Morgan fingerprint density at radius 3 is 2.71 bits per heavy atom. The molecule has 0 saturated heterocycles. The van der Waals surface area contributed by atoms with E-state index in [9.17, 15) is 9.18 Å². The van der Waals surface area contributed by atoms with Crippen LogP contribution in [0.1, 0.15) is 12.0 Å². The molecule has 3 aromatic rings. The molecule has 1 aromatic heterocycles. The van der Waals surface area contributed by atoms with Crippen molar-refractivity contribution in [2.75, 3.05) is 5.75 Å². The number of para-hydroxylation sites is 2. The summed E-state index contributed by atoms with van der Waals surface area (Å²) in [5, 5.41) is 3.75. The van der Waals surface area contributed by atoms with Crippen molar-refractivity contribution >= 4 is 28.7 Å². The molecule has 0 unspecified atom stereocenters. The van der Waals surface area contributed by atoms with E-state index in [1.54, 1.807) is 23.9 Å². The molecule has 124 valence electrons. The first kappa shape index (κ1) is 16.5. The molecular weight excluding hydrogens is 325 g/mol. The first-order valence-corrected chi connectivity index (χ1v) is 8.67. The third kappa shape index (κ3) is 3.94. The predicted molar refractivity (Wildman–Crippen MR) is 94.3 cm³/mol. The number of imidazole rings is 1. The quantitative estimate of drug-likeness (QED) is 0.697. The molecular formula is C18H18FN3OS. The van der Waals surface area contributed by atoms with Crippen molar-refractivity contribution in [3.8, 4) is 0 Å². The van der Waals surface area contributed by atoms with Gasteiger partial charge in [0.25, 0.3) is 0 Å². The standard InChI is InChI=1S/C18H18FN3OS/c1-22-16-5-3-2-4-15(16)21-18(22)24-11-10-17(23)20-12-13-6-8-14(19)9-7-13/h2-9H,10-12H2,1H3,(H,20,23). The lowest BCUT2D eigenvalue weighted by atomic mass is 10.2. The van der Waals surface area contributed by atoms with Gasteiger partial charge in [-0.2, -0.15) is 0 Å². The fraction of sp³-hybridized carbons (Fsp3) is 0.222. The van der Waals surface area contributed by atoms with Crippen molar-refractivity contribution in [1.29, 1.82) is 0 Å². The largest absolute Gasteiger partial charge is 0.352 e. The number of thioether (sulfide) groups is 1. The highest BCUT2D eigenvalue weighted by molar-refractivity contribution is 7.99. The SMILES string of the molecule is Cn1c(SCCC(=O)NCc2ccc(F)cc2)nc2ccccc21. The second-order valence-corrected chi connectivity index (χ2v) is 6.51. The van der Waals surface area contributed by atoms with Crippen LogP contribution < -0.4 is 5.32 Å². The molecule has 0 aliphatic heterocycles. The molecule has 0 fully saturated rings. The highest BCUT2D eigenvalue weighted by Gasteiger charge is 2.09. The lowest BCUT2D eigenvalue weighted by molar-refractivity contribution is -0.120. The van der Waals surface area contributed by atoms with Crippen molar-refractivity contribution in [3.63, 3.8) is 0 Å². The minimum atomic E-state index is -0.274. The molecule has 1 N–H and O–H groups in total. The maximum atomic E-state index is 12.8. The first-order valence-electron chi connectivity index (χ1n) is 7.69. The van der Waals surface area contributed by atoms with Crippen LogP contribution in [-0.4, -0.2) is 21.2 Å². The van der Waals surface area contributed by atoms with Crippen LogP contribution in [0, 0.1) is 5.82 Å². The van der Waals surface area contributed by atoms with Crippen LogP contribution in [0.4, 0.5) is 4.39 Å². The number of nitrogens with one attached hydrogen (secondary N) is 1. The summed E-state index contributed by atoms with van der Waals surface area (Å²) in [7, 11) is 1.98. The van der Waals surface area contributed by atoms with Gasteiger partial charge in [-0.3, -0.25) is 4.79 Å². The number of nitrogens with zero attached hydrogens (tertiary/aromatic N) is 2. The van der Waals surface area contributed by atoms with Gasteiger partial charge in [0.1, 0.15) is 5.82 Å². The Balaban J connectivity index is 1.47. The van der Waals surface area contributed by atoms with Crippen LogP contribution in [0.25, 0.3) is 11.0 Å². The Hall–Kier alpha value is -2.34. The van der Waals surface area contributed by atoms with E-state index in [-0.39, 0.29) is 11.7 Å². The molecule has 0 saturated carbocycles. The minimum Gasteiger partial charge on any atom is -0.352 e. The average molecular weight is 343 g/mol. The highest BCUT2D eigenvalue weighted by atomic mass is 32.2. The lowest BCUT2D eigenvalue weighted by Gasteiger charge is -2.05. The maximum Gasteiger partial charge on any atom is 0.221 e. The van der Waals surface area contributed by atoms with Crippen molar-refractivity contribution in [2.24, 2.45) is 7.05 Å². The van der Waals surface area contributed by atoms with Crippen molar-refractivity contribution in [1.82, 2.24) is 14.9 Å². The number of rotatable bonds is 6. The van der Waals surface area contributed by atoms with E-state index in [0.29, 0.717) is 18.7 Å². The molecule has 0 spiro atoms. The van der Waals surface area contributed by atoms with E-state index in [1.807, 2.05) is 35.9 Å². The number of carbonyl (C=O) groups excluding carboxylic acids is 1. The summed E-state index contributed by atoms with van der Waals surface area (Å²) in [5.41, 5.74) is 2.93. The summed E-state index contributed by atoms with van der Waals surface area (Å²) in [6, 6.07) is 14.1. The summed E-state index contributed by atoms with van der Waals surface area (Å²) in [6.07, 6.45) is 0.412. The molecule has 0 aliphatic rings. The molecule has 1 heterocycles. The monoisotopic (exact) mass is 343 g/mol. The van der Waals surface area contributed by atoms with Gasteiger partial charge in [0.15, 0.2) is 5.16 Å². The van der Waals surface area contributed by atoms with Crippen LogP contribution in [0.5, 0.6) is 0 Å². The second-order valence-electron chi connectivity index (χ2n) is 5.44. The summed E-state index contributed by atoms with van der Waals surface area (Å²) in [5.74, 6) is 0.362. The van der Waals surface area contributed by atoms with Crippen LogP contribution >= 0.6 is 11.8 Å². The van der Waals surface area contributed by atoms with Gasteiger partial charge in [-0.25, -0.2) is 9.37 Å². The number of benzene rings is 2. The molecule has 0 bridgehead atoms. The van der Waals surface area contributed by atoms with Crippen molar-refractivity contribution in [3.05, 3.63) is 59.9 Å². The predicted octanol–water partition coefficient (Wildman–Crippen LogP) is 3.51. The van der Waals surface area contributed by atoms with Gasteiger partial charge in [-0.1, -0.05) is 36.0 Å². The third-order valence-corrected chi connectivity index (χ3v) is 4.74. The summed E-state index contributed by atoms with van der Waals surface area (Å²) >= 11 is 1.57. The molecule has 24 heavy (non-hydrogen) atoms. The van der Waals surface area contributed by atoms with Gasteiger partial charge in [0.2, 0.25) is 5.91 Å². The van der Waals surface area contributed by atoms with Gasteiger partial charge < -0.3 is 9.88 Å². The number of fused-ring (bicyclic) bond motifs is 1. The van der Waals surface area contributed by atoms with E-state index >= 15 is 0 Å². The van der Waals surface area contributed by atoms with Crippen LogP contribution in [0.3, 0.4) is 0 Å². The van der Waals surface area contributed by atoms with E-state index in [2.05, 4.69) is 10.3 Å². The topological polar surface area (TPSA) is 46.9 Å². The molecule has 0 aliphatic carbocycles. The highest BCUT2D eigenvalue weighted by Crippen LogP contribution is 2.22. The molecule has 4 nitrogen and oxygen atoms in total. The minimum absolute atomic E-state index is 0.0226. The van der Waals surface area contributed by atoms with Crippen LogP contribution in [-0.2, 0) is 18.4 Å². The number of aryl methyl sites for hydroxylation is 1. The van der Waals surface area contributed by atoms with Crippen molar-refractivity contribution < 1.29 is 9.18 Å². The number of aromatic nitrogens is 2. The fourth-order valence-corrected chi connectivity index (χ4v) is 3.30. The Kier molecular flexibility index (Phi) is 5.15. The van der Waals surface area contributed by atoms with Crippen LogP contribution in [0.15, 0.2) is 53.7 Å². The zero-order valence-corrected chi connectivity index (χ0v) is 14.1. The Morgan fingerprint density at radius 1 is 1.21 bits per heavy atom. The van der Waals surface area contributed by atoms with Gasteiger partial charge in [0.05, 0.1) is 11.0 Å². The number of halogens is 1. The van der Waals surface area contributed by atoms with E-state index in [4.69, 9.17) is 0 Å². The lowest BCUT2D eigenvalue weighted by Crippen LogP contribution is -2.23. The molecule has 1 amide bonds. The van der Waals surface area contributed by atoms with Crippen LogP contribution in [0.2, 0.25) is 0 Å². The number of amides is 1. The fourth-order valence-electron chi connectivity index (χ4n) is 2.38. The molecule has 0 radical (unpaired) electrons. The Bertz CT molecular complexity index is 845. The molecule has 2 aromatic carbocycles. The zero-order valence-electron chi connectivity index (χ0n) is 13.3. The molecule has 0 atom stereocenters. The third-order valence-electron chi connectivity index (χ3n) is 3.71. The van der Waals surface area contributed by atoms with Crippen molar-refractivity contribution in [2.45, 2.75) is 18.1 Å². The summed E-state index contributed by atoms with van der Waals surface area (Å²) in [6.45, 7) is 0.413. The molecule has 3 rings (SSSR count). The van der Waals surface area contributed by atoms with Gasteiger partial charge in [0, 0.05) is 25.8 Å². The average Bonchev–Trinajstić information content (AvgIpc) is 2.91. The summed E-state index contributed by atoms with van der Waals surface area (Å²) in [4.78, 5) is 16.5. The second kappa shape index (κ2) is 7.49. The number of hydrogen-bond acceptors (Lipinski definition) is 3. The maximum absolute atomic E-state index is 12.8. The zero-order chi connectivity index (χ0) is 16.9. The first-order chi connectivity index (χ1) is 11.6. The van der Waals surface area contributed by atoms with E-state index in [1.165, 1.54) is 12.1 Å². The smallest absolute Gasteiger partial charge is 0.221 e. The Morgan fingerprint density at radius 2 is 1.96 bits per heavy atom. The van der Waals surface area contributed by atoms with Gasteiger partial charge >= 0.3 is 0 Å². The normalized spacial score (nSPS) is 10.9. The van der Waals surface area contributed by atoms with Gasteiger partial charge in [-0.05, 0) is 29.8 Å². The van der Waals surface area contributed by atoms with Gasteiger partial charge in [-0.15, -0.1) is 0 Å². The Labute approximate surface area is 144 Å². The molecule has 6 heteroatoms. The summed E-state index contributed by atoms with van der Waals surface area (Å²) < 4.78 is 14.9. The number of carbonyl (C=O) groups is 1. The van der Waals surface area contributed by atoms with E-state index in [0.717, 1.165) is 21.8 Å².